The highest BCUT2D eigenvalue weighted by Crippen LogP contribution is 2.38. The SMILES string of the molecule is COc1cc(C(=O)OCC(=O)NC(=O)N[C@H]2CCCC[C@@H]2C)cc(OC)c1OC. The molecule has 0 unspecified atom stereocenters. The quantitative estimate of drug-likeness (QED) is 0.666. The van der Waals surface area contributed by atoms with E-state index in [1.807, 2.05) is 0 Å². The van der Waals surface area contributed by atoms with Crippen LogP contribution in [-0.4, -0.2) is 51.9 Å². The van der Waals surface area contributed by atoms with Gasteiger partial charge in [0, 0.05) is 6.04 Å². The number of carbonyl (C=O) groups excluding carboxylic acids is 3. The van der Waals surface area contributed by atoms with Crippen LogP contribution < -0.4 is 24.8 Å². The van der Waals surface area contributed by atoms with Gasteiger partial charge in [0.05, 0.1) is 26.9 Å². The van der Waals surface area contributed by atoms with Gasteiger partial charge in [0.2, 0.25) is 5.75 Å². The molecule has 0 saturated heterocycles. The van der Waals surface area contributed by atoms with Crippen molar-refractivity contribution in [1.82, 2.24) is 10.6 Å². The maximum atomic E-state index is 12.3. The van der Waals surface area contributed by atoms with Gasteiger partial charge in [0.1, 0.15) is 0 Å². The van der Waals surface area contributed by atoms with Crippen molar-refractivity contribution in [2.75, 3.05) is 27.9 Å². The molecule has 3 amide bonds. The number of hydrogen-bond acceptors (Lipinski definition) is 7. The molecule has 1 aliphatic carbocycles. The monoisotopic (exact) mass is 408 g/mol. The number of amides is 3. The lowest BCUT2D eigenvalue weighted by molar-refractivity contribution is -0.123. The Morgan fingerprint density at radius 2 is 1.62 bits per heavy atom. The van der Waals surface area contributed by atoms with Crippen molar-refractivity contribution in [3.63, 3.8) is 0 Å². The fourth-order valence-electron chi connectivity index (χ4n) is 3.31. The van der Waals surface area contributed by atoms with Crippen LogP contribution in [0.4, 0.5) is 4.79 Å². The third kappa shape index (κ3) is 6.00. The van der Waals surface area contributed by atoms with Crippen molar-refractivity contribution in [2.24, 2.45) is 5.92 Å². The van der Waals surface area contributed by atoms with Gasteiger partial charge in [-0.15, -0.1) is 0 Å². The number of rotatable bonds is 7. The number of esters is 1. The molecule has 29 heavy (non-hydrogen) atoms. The minimum absolute atomic E-state index is 0.0401. The number of carbonyl (C=O) groups is 3. The predicted molar refractivity (Wildman–Crippen MR) is 104 cm³/mol. The fraction of sp³-hybridized carbons (Fsp3) is 0.550. The number of imide groups is 1. The third-order valence-corrected chi connectivity index (χ3v) is 4.92. The van der Waals surface area contributed by atoms with Gasteiger partial charge in [0.15, 0.2) is 18.1 Å². The zero-order valence-electron chi connectivity index (χ0n) is 17.2. The molecule has 0 bridgehead atoms. The van der Waals surface area contributed by atoms with E-state index in [4.69, 9.17) is 18.9 Å². The second-order valence-corrected chi connectivity index (χ2v) is 6.88. The second kappa shape index (κ2) is 10.5. The van der Waals surface area contributed by atoms with Crippen molar-refractivity contribution in [2.45, 2.75) is 38.6 Å². The van der Waals surface area contributed by atoms with Crippen LogP contribution in [0.2, 0.25) is 0 Å². The average molecular weight is 408 g/mol. The van der Waals surface area contributed by atoms with Gasteiger partial charge in [-0.25, -0.2) is 9.59 Å². The average Bonchev–Trinajstić information content (AvgIpc) is 2.72. The van der Waals surface area contributed by atoms with Crippen molar-refractivity contribution in [3.8, 4) is 17.2 Å². The molecule has 1 aromatic rings. The summed E-state index contributed by atoms with van der Waals surface area (Å²) in [5.74, 6) is -0.221. The lowest BCUT2D eigenvalue weighted by Gasteiger charge is -2.29. The van der Waals surface area contributed by atoms with E-state index in [2.05, 4.69) is 17.6 Å². The summed E-state index contributed by atoms with van der Waals surface area (Å²) in [7, 11) is 4.29. The largest absolute Gasteiger partial charge is 0.493 e. The molecule has 0 heterocycles. The molecule has 0 aliphatic heterocycles. The molecule has 9 nitrogen and oxygen atoms in total. The Morgan fingerprint density at radius 1 is 1.00 bits per heavy atom. The zero-order chi connectivity index (χ0) is 21.4. The number of hydrogen-bond donors (Lipinski definition) is 2. The van der Waals surface area contributed by atoms with E-state index >= 15 is 0 Å². The molecule has 0 aromatic heterocycles. The summed E-state index contributed by atoms with van der Waals surface area (Å²) in [5, 5.41) is 4.99. The summed E-state index contributed by atoms with van der Waals surface area (Å²) in [5.41, 5.74) is 0.118. The van der Waals surface area contributed by atoms with Gasteiger partial charge in [-0.1, -0.05) is 19.8 Å². The Balaban J connectivity index is 1.89. The van der Waals surface area contributed by atoms with Crippen LogP contribution in [-0.2, 0) is 9.53 Å². The van der Waals surface area contributed by atoms with E-state index in [-0.39, 0.29) is 23.1 Å². The number of urea groups is 1. The summed E-state index contributed by atoms with van der Waals surface area (Å²) in [6, 6.07) is 2.29. The molecular formula is C20H28N2O7. The van der Waals surface area contributed by atoms with Gasteiger partial charge in [-0.3, -0.25) is 10.1 Å². The van der Waals surface area contributed by atoms with Crippen LogP contribution in [0.3, 0.4) is 0 Å². The van der Waals surface area contributed by atoms with Crippen LogP contribution in [0.5, 0.6) is 17.2 Å². The van der Waals surface area contributed by atoms with Gasteiger partial charge in [0.25, 0.3) is 5.91 Å². The zero-order valence-corrected chi connectivity index (χ0v) is 17.2. The molecule has 160 valence electrons. The highest BCUT2D eigenvalue weighted by Gasteiger charge is 2.24. The number of benzene rings is 1. The predicted octanol–water partition coefficient (Wildman–Crippen LogP) is 2.27. The first-order valence-electron chi connectivity index (χ1n) is 9.47. The highest BCUT2D eigenvalue weighted by molar-refractivity contribution is 5.97. The van der Waals surface area contributed by atoms with Crippen LogP contribution in [0.1, 0.15) is 43.0 Å². The summed E-state index contributed by atoms with van der Waals surface area (Å²) in [6.45, 7) is 1.48. The summed E-state index contributed by atoms with van der Waals surface area (Å²) < 4.78 is 20.6. The minimum atomic E-state index is -0.763. The second-order valence-electron chi connectivity index (χ2n) is 6.88. The lowest BCUT2D eigenvalue weighted by Crippen LogP contribution is -2.48. The Morgan fingerprint density at radius 3 is 2.17 bits per heavy atom. The molecule has 1 fully saturated rings. The first kappa shape index (κ1) is 22.3. The molecule has 2 atom stereocenters. The topological polar surface area (TPSA) is 112 Å². The number of methoxy groups -OCH3 is 3. The van der Waals surface area contributed by atoms with Gasteiger partial charge in [-0.2, -0.15) is 0 Å². The van der Waals surface area contributed by atoms with Crippen LogP contribution in [0.15, 0.2) is 12.1 Å². The molecule has 0 radical (unpaired) electrons. The Bertz CT molecular complexity index is 725. The Labute approximate surface area is 170 Å². The lowest BCUT2D eigenvalue weighted by atomic mass is 9.86. The van der Waals surface area contributed by atoms with E-state index in [0.717, 1.165) is 25.7 Å². The number of ether oxygens (including phenoxy) is 4. The fourth-order valence-corrected chi connectivity index (χ4v) is 3.31. The summed E-state index contributed by atoms with van der Waals surface area (Å²) >= 11 is 0. The van der Waals surface area contributed by atoms with Crippen LogP contribution in [0, 0.1) is 5.92 Å². The molecule has 1 aromatic carbocycles. The van der Waals surface area contributed by atoms with E-state index in [1.54, 1.807) is 0 Å². The smallest absolute Gasteiger partial charge is 0.338 e. The maximum absolute atomic E-state index is 12.3. The molecule has 9 heteroatoms. The van der Waals surface area contributed by atoms with Crippen molar-refractivity contribution in [1.29, 1.82) is 0 Å². The van der Waals surface area contributed by atoms with Crippen molar-refractivity contribution >= 4 is 17.9 Å². The number of nitrogens with one attached hydrogen (secondary N) is 2. The van der Waals surface area contributed by atoms with E-state index < -0.39 is 24.5 Å². The molecular weight excluding hydrogens is 380 g/mol. The van der Waals surface area contributed by atoms with E-state index in [0.29, 0.717) is 11.7 Å². The normalized spacial score (nSPS) is 18.3. The van der Waals surface area contributed by atoms with Crippen LogP contribution in [0.25, 0.3) is 0 Å². The van der Waals surface area contributed by atoms with Crippen molar-refractivity contribution in [3.05, 3.63) is 17.7 Å². The van der Waals surface area contributed by atoms with Crippen LogP contribution >= 0.6 is 0 Å². The Kier molecular flexibility index (Phi) is 8.11. The maximum Gasteiger partial charge on any atom is 0.338 e. The molecule has 2 rings (SSSR count). The van der Waals surface area contributed by atoms with E-state index in [1.165, 1.54) is 33.5 Å². The molecule has 0 spiro atoms. The molecule has 2 N–H and O–H groups in total. The third-order valence-electron chi connectivity index (χ3n) is 4.92. The van der Waals surface area contributed by atoms with Gasteiger partial charge < -0.3 is 24.3 Å². The van der Waals surface area contributed by atoms with Gasteiger partial charge in [-0.05, 0) is 30.9 Å². The molecule has 1 saturated carbocycles. The minimum Gasteiger partial charge on any atom is -0.493 e. The van der Waals surface area contributed by atoms with Gasteiger partial charge >= 0.3 is 12.0 Å². The van der Waals surface area contributed by atoms with Crippen molar-refractivity contribution < 1.29 is 33.3 Å². The first-order chi connectivity index (χ1) is 13.9. The highest BCUT2D eigenvalue weighted by atomic mass is 16.5. The summed E-state index contributed by atoms with van der Waals surface area (Å²) in [6.07, 6.45) is 4.14. The van der Waals surface area contributed by atoms with E-state index in [9.17, 15) is 14.4 Å². The summed E-state index contributed by atoms with van der Waals surface area (Å²) in [4.78, 5) is 36.2. The molecule has 1 aliphatic rings. The Hall–Kier alpha value is -2.97. The first-order valence-corrected chi connectivity index (χ1v) is 9.47. The standard InChI is InChI=1S/C20H28N2O7/c1-12-7-5-6-8-14(12)21-20(25)22-17(23)11-29-19(24)13-9-15(26-2)18(28-4)16(10-13)27-3/h9-10,12,14H,5-8,11H2,1-4H3,(H2,21,22,23,25)/t12-,14-/m0/s1.